The number of rotatable bonds is 2. The van der Waals surface area contributed by atoms with Crippen LogP contribution in [0.2, 0.25) is 0 Å². The highest BCUT2D eigenvalue weighted by molar-refractivity contribution is 5.89. The maximum absolute atomic E-state index is 12.5. The summed E-state index contributed by atoms with van der Waals surface area (Å²) in [6, 6.07) is 9.84. The van der Waals surface area contributed by atoms with Crippen LogP contribution in [-0.4, -0.2) is 56.9 Å². The fourth-order valence-corrected chi connectivity index (χ4v) is 3.28. The Morgan fingerprint density at radius 1 is 1.04 bits per heavy atom. The summed E-state index contributed by atoms with van der Waals surface area (Å²) in [6.45, 7) is 6.83. The minimum absolute atomic E-state index is 0.0585. The lowest BCUT2D eigenvalue weighted by atomic mass is 10.1. The van der Waals surface area contributed by atoms with Gasteiger partial charge in [-0.25, -0.2) is 4.79 Å². The van der Waals surface area contributed by atoms with E-state index in [1.54, 1.807) is 10.8 Å². The van der Waals surface area contributed by atoms with Gasteiger partial charge in [-0.15, -0.1) is 15.3 Å². The van der Waals surface area contributed by atoms with Crippen LogP contribution < -0.4 is 10.2 Å². The number of fused-ring (bicyclic) bond motifs is 1. The van der Waals surface area contributed by atoms with E-state index in [9.17, 15) is 4.79 Å². The third-order valence-electron chi connectivity index (χ3n) is 4.51. The number of benzene rings is 1. The number of nitrogens with zero attached hydrogens (tertiary/aromatic N) is 6. The number of aromatic nitrogens is 4. The molecule has 1 aromatic carbocycles. The van der Waals surface area contributed by atoms with Gasteiger partial charge in [-0.3, -0.25) is 0 Å². The Morgan fingerprint density at radius 3 is 2.50 bits per heavy atom. The SMILES string of the molecule is Cc1cc(C)cc(NC(=O)N2CCN(c3ccc4nncn4n3)CC2)c1. The van der Waals surface area contributed by atoms with Crippen LogP contribution in [0.15, 0.2) is 36.7 Å². The van der Waals surface area contributed by atoms with E-state index in [1.807, 2.05) is 43.0 Å². The number of amides is 2. The summed E-state index contributed by atoms with van der Waals surface area (Å²) >= 11 is 0. The monoisotopic (exact) mass is 351 g/mol. The summed E-state index contributed by atoms with van der Waals surface area (Å²) < 4.78 is 1.66. The summed E-state index contributed by atoms with van der Waals surface area (Å²) in [4.78, 5) is 16.5. The molecule has 1 N–H and O–H groups in total. The molecule has 0 unspecified atom stereocenters. The van der Waals surface area contributed by atoms with E-state index in [2.05, 4.69) is 31.6 Å². The van der Waals surface area contributed by atoms with E-state index < -0.39 is 0 Å². The van der Waals surface area contributed by atoms with Crippen molar-refractivity contribution >= 4 is 23.2 Å². The van der Waals surface area contributed by atoms with Crippen LogP contribution in [0.1, 0.15) is 11.1 Å². The van der Waals surface area contributed by atoms with Crippen LogP contribution >= 0.6 is 0 Å². The van der Waals surface area contributed by atoms with Crippen molar-refractivity contribution < 1.29 is 4.79 Å². The molecule has 0 atom stereocenters. The third-order valence-corrected chi connectivity index (χ3v) is 4.51. The van der Waals surface area contributed by atoms with E-state index in [-0.39, 0.29) is 6.03 Å². The second-order valence-corrected chi connectivity index (χ2v) is 6.61. The molecule has 3 heterocycles. The molecular formula is C18H21N7O. The molecular weight excluding hydrogens is 330 g/mol. The van der Waals surface area contributed by atoms with Crippen molar-refractivity contribution in [2.24, 2.45) is 0 Å². The number of hydrogen-bond donors (Lipinski definition) is 1. The molecule has 1 saturated heterocycles. The predicted molar refractivity (Wildman–Crippen MR) is 99.5 cm³/mol. The topological polar surface area (TPSA) is 78.7 Å². The molecule has 134 valence electrons. The molecule has 4 rings (SSSR count). The fraction of sp³-hybridized carbons (Fsp3) is 0.333. The Bertz CT molecular complexity index is 923. The zero-order chi connectivity index (χ0) is 18.1. The number of hydrogen-bond acceptors (Lipinski definition) is 5. The molecule has 0 aliphatic carbocycles. The van der Waals surface area contributed by atoms with Crippen molar-refractivity contribution in [3.8, 4) is 0 Å². The highest BCUT2D eigenvalue weighted by Gasteiger charge is 2.22. The summed E-state index contributed by atoms with van der Waals surface area (Å²) in [5, 5.41) is 15.3. The van der Waals surface area contributed by atoms with Crippen molar-refractivity contribution in [2.45, 2.75) is 13.8 Å². The zero-order valence-electron chi connectivity index (χ0n) is 14.9. The number of carbonyl (C=O) groups excluding carboxylic acids is 1. The number of carbonyl (C=O) groups is 1. The molecule has 2 aromatic heterocycles. The maximum Gasteiger partial charge on any atom is 0.321 e. The molecule has 0 saturated carbocycles. The first kappa shape index (κ1) is 16.3. The number of aryl methyl sites for hydroxylation is 2. The summed E-state index contributed by atoms with van der Waals surface area (Å²) in [7, 11) is 0. The Morgan fingerprint density at radius 2 is 1.77 bits per heavy atom. The number of urea groups is 1. The van der Waals surface area contributed by atoms with E-state index in [1.165, 1.54) is 0 Å². The summed E-state index contributed by atoms with van der Waals surface area (Å²) in [5.41, 5.74) is 3.84. The van der Waals surface area contributed by atoms with Gasteiger partial charge in [0, 0.05) is 31.9 Å². The van der Waals surface area contributed by atoms with Crippen molar-refractivity contribution in [1.82, 2.24) is 24.7 Å². The molecule has 0 bridgehead atoms. The molecule has 26 heavy (non-hydrogen) atoms. The average molecular weight is 351 g/mol. The number of anilines is 2. The van der Waals surface area contributed by atoms with Gasteiger partial charge in [0.2, 0.25) is 0 Å². The van der Waals surface area contributed by atoms with E-state index in [0.29, 0.717) is 13.1 Å². The van der Waals surface area contributed by atoms with Crippen LogP contribution in [0.3, 0.4) is 0 Å². The lowest BCUT2D eigenvalue weighted by Gasteiger charge is -2.35. The van der Waals surface area contributed by atoms with Crippen molar-refractivity contribution in [3.05, 3.63) is 47.8 Å². The number of piperazine rings is 1. The van der Waals surface area contributed by atoms with Gasteiger partial charge in [-0.2, -0.15) is 4.52 Å². The van der Waals surface area contributed by atoms with Gasteiger partial charge in [0.15, 0.2) is 5.65 Å². The first-order valence-electron chi connectivity index (χ1n) is 8.65. The highest BCUT2D eigenvalue weighted by atomic mass is 16.2. The predicted octanol–water partition coefficient (Wildman–Crippen LogP) is 2.10. The van der Waals surface area contributed by atoms with Crippen molar-refractivity contribution in [1.29, 1.82) is 0 Å². The normalized spacial score (nSPS) is 14.7. The second kappa shape index (κ2) is 6.62. The molecule has 2 amide bonds. The van der Waals surface area contributed by atoms with Gasteiger partial charge >= 0.3 is 6.03 Å². The Labute approximate surface area is 151 Å². The molecule has 3 aromatic rings. The molecule has 8 nitrogen and oxygen atoms in total. The van der Waals surface area contributed by atoms with Gasteiger partial charge in [0.1, 0.15) is 12.1 Å². The smallest absolute Gasteiger partial charge is 0.321 e. The Hall–Kier alpha value is -3.16. The molecule has 1 fully saturated rings. The van der Waals surface area contributed by atoms with Crippen LogP contribution in [-0.2, 0) is 0 Å². The van der Waals surface area contributed by atoms with E-state index in [4.69, 9.17) is 0 Å². The van der Waals surface area contributed by atoms with Gasteiger partial charge in [-0.05, 0) is 49.2 Å². The average Bonchev–Trinajstić information content (AvgIpc) is 3.08. The molecule has 0 radical (unpaired) electrons. The summed E-state index contributed by atoms with van der Waals surface area (Å²) in [5.74, 6) is 0.867. The van der Waals surface area contributed by atoms with Crippen LogP contribution in [0, 0.1) is 13.8 Å². The third kappa shape index (κ3) is 3.30. The zero-order valence-corrected chi connectivity index (χ0v) is 14.9. The van der Waals surface area contributed by atoms with Gasteiger partial charge in [0.25, 0.3) is 0 Å². The van der Waals surface area contributed by atoms with Crippen molar-refractivity contribution in [2.75, 3.05) is 36.4 Å². The van der Waals surface area contributed by atoms with E-state index in [0.717, 1.165) is 41.4 Å². The Balaban J connectivity index is 1.38. The minimum Gasteiger partial charge on any atom is -0.352 e. The minimum atomic E-state index is -0.0585. The lowest BCUT2D eigenvalue weighted by molar-refractivity contribution is 0.208. The van der Waals surface area contributed by atoms with Crippen LogP contribution in [0.25, 0.3) is 5.65 Å². The standard InChI is InChI=1S/C18H21N7O/c1-13-9-14(2)11-15(10-13)20-18(26)24-7-5-23(6-8-24)17-4-3-16-21-19-12-25(16)22-17/h3-4,9-12H,5-8H2,1-2H3,(H,20,26). The first-order valence-corrected chi connectivity index (χ1v) is 8.65. The second-order valence-electron chi connectivity index (χ2n) is 6.61. The molecule has 1 aliphatic heterocycles. The highest BCUT2D eigenvalue weighted by Crippen LogP contribution is 2.17. The van der Waals surface area contributed by atoms with Crippen LogP contribution in [0.4, 0.5) is 16.3 Å². The Kier molecular flexibility index (Phi) is 4.16. The molecule has 8 heteroatoms. The van der Waals surface area contributed by atoms with E-state index >= 15 is 0 Å². The fourth-order valence-electron chi connectivity index (χ4n) is 3.28. The maximum atomic E-state index is 12.5. The largest absolute Gasteiger partial charge is 0.352 e. The van der Waals surface area contributed by atoms with Gasteiger partial charge < -0.3 is 15.1 Å². The van der Waals surface area contributed by atoms with Crippen LogP contribution in [0.5, 0.6) is 0 Å². The molecule has 1 aliphatic rings. The summed E-state index contributed by atoms with van der Waals surface area (Å²) in [6.07, 6.45) is 1.59. The lowest BCUT2D eigenvalue weighted by Crippen LogP contribution is -2.50. The first-order chi connectivity index (χ1) is 12.6. The number of nitrogens with one attached hydrogen (secondary N) is 1. The van der Waals surface area contributed by atoms with Gasteiger partial charge in [0.05, 0.1) is 0 Å². The van der Waals surface area contributed by atoms with Gasteiger partial charge in [-0.1, -0.05) is 6.07 Å². The quantitative estimate of drug-likeness (QED) is 0.765. The molecule has 0 spiro atoms. The van der Waals surface area contributed by atoms with Crippen molar-refractivity contribution in [3.63, 3.8) is 0 Å².